The van der Waals surface area contributed by atoms with E-state index in [4.69, 9.17) is 9.78 Å². The van der Waals surface area contributed by atoms with Crippen LogP contribution in [0.3, 0.4) is 0 Å². The molecule has 3 fully saturated rings. The van der Waals surface area contributed by atoms with E-state index in [-0.39, 0.29) is 16.9 Å². The summed E-state index contributed by atoms with van der Waals surface area (Å²) in [6, 6.07) is 0. The maximum atomic E-state index is 10.4. The third-order valence-corrected chi connectivity index (χ3v) is 11.0. The highest BCUT2D eigenvalue weighted by atomic mass is 17.2. The van der Waals surface area contributed by atoms with Gasteiger partial charge in [0.15, 0.2) is 0 Å². The quantitative estimate of drug-likeness (QED) is 0.395. The van der Waals surface area contributed by atoms with Gasteiger partial charge in [0.1, 0.15) is 11.2 Å². The summed E-state index contributed by atoms with van der Waals surface area (Å²) in [5, 5.41) is 10.4. The second-order valence-electron chi connectivity index (χ2n) is 12.8. The molecule has 174 valence electrons. The molecule has 9 unspecified atom stereocenters. The monoisotopic (exact) mass is 428 g/mol. The zero-order chi connectivity index (χ0) is 22.2. The first-order chi connectivity index (χ1) is 14.6. The maximum absolute atomic E-state index is 10.4. The van der Waals surface area contributed by atoms with E-state index in [9.17, 15) is 5.11 Å². The highest BCUT2D eigenvalue weighted by Crippen LogP contribution is 2.71. The molecular weight excluding hydrogens is 384 g/mol. The van der Waals surface area contributed by atoms with Gasteiger partial charge in [0.05, 0.1) is 6.10 Å². The van der Waals surface area contributed by atoms with Crippen LogP contribution in [0.25, 0.3) is 0 Å². The predicted molar refractivity (Wildman–Crippen MR) is 124 cm³/mol. The van der Waals surface area contributed by atoms with Crippen LogP contribution in [0.2, 0.25) is 0 Å². The van der Waals surface area contributed by atoms with Gasteiger partial charge in [-0.3, -0.25) is 0 Å². The first-order valence-corrected chi connectivity index (χ1v) is 13.0. The molecule has 4 aliphatic carbocycles. The van der Waals surface area contributed by atoms with Crippen LogP contribution in [0, 0.1) is 40.4 Å². The lowest BCUT2D eigenvalue weighted by molar-refractivity contribution is -0.455. The molecule has 1 saturated heterocycles. The standard InChI is InChI=1S/C28H44O3/c1-18(2)19(3)7-8-20(4)22-9-10-23-25(22,5)13-12-24-26(6)14-11-21(29)17-27(26)15-16-28(23,24)31-30-27/h12,15-16,18-23,29H,7-11,13-14,17H2,1-6H3. The number of hydrogen-bond acceptors (Lipinski definition) is 3. The van der Waals surface area contributed by atoms with Gasteiger partial charge in [-0.25, -0.2) is 9.78 Å². The summed E-state index contributed by atoms with van der Waals surface area (Å²) in [6.07, 6.45) is 15.7. The van der Waals surface area contributed by atoms with Crippen LogP contribution in [-0.4, -0.2) is 22.4 Å². The molecule has 3 nitrogen and oxygen atoms in total. The van der Waals surface area contributed by atoms with E-state index in [2.05, 4.69) is 59.8 Å². The Kier molecular flexibility index (Phi) is 5.13. The minimum absolute atomic E-state index is 0.0586. The Morgan fingerprint density at radius 2 is 1.81 bits per heavy atom. The lowest BCUT2D eigenvalue weighted by Crippen LogP contribution is -2.69. The van der Waals surface area contributed by atoms with Crippen molar-refractivity contribution in [2.45, 2.75) is 110 Å². The van der Waals surface area contributed by atoms with Crippen molar-refractivity contribution in [3.8, 4) is 0 Å². The summed E-state index contributed by atoms with van der Waals surface area (Å²) in [5.41, 5.74) is 0.775. The Balaban J connectivity index is 1.44. The van der Waals surface area contributed by atoms with Crippen LogP contribution in [0.15, 0.2) is 23.8 Å². The number of aliphatic hydroxyl groups is 1. The van der Waals surface area contributed by atoms with Crippen molar-refractivity contribution in [3.05, 3.63) is 23.8 Å². The molecule has 31 heavy (non-hydrogen) atoms. The topological polar surface area (TPSA) is 38.7 Å². The lowest BCUT2D eigenvalue weighted by Gasteiger charge is -2.66. The number of fused-ring (bicyclic) bond motifs is 2. The molecule has 0 aromatic rings. The minimum atomic E-state index is -0.496. The van der Waals surface area contributed by atoms with Gasteiger partial charge in [-0.1, -0.05) is 60.5 Å². The smallest absolute Gasteiger partial charge is 0.147 e. The third kappa shape index (κ3) is 2.88. The first kappa shape index (κ1) is 22.2. The Morgan fingerprint density at radius 1 is 1.03 bits per heavy atom. The van der Waals surface area contributed by atoms with Gasteiger partial charge in [-0.2, -0.15) is 0 Å². The summed E-state index contributed by atoms with van der Waals surface area (Å²) in [4.78, 5) is 12.7. The van der Waals surface area contributed by atoms with Crippen LogP contribution in [0.5, 0.6) is 0 Å². The van der Waals surface area contributed by atoms with Crippen molar-refractivity contribution < 1.29 is 14.9 Å². The molecule has 2 spiro atoms. The van der Waals surface area contributed by atoms with Crippen LogP contribution < -0.4 is 0 Å². The molecule has 6 rings (SSSR count). The minimum Gasteiger partial charge on any atom is -0.393 e. The second-order valence-corrected chi connectivity index (χ2v) is 12.8. The Labute approximate surface area is 189 Å². The highest BCUT2D eigenvalue weighted by molar-refractivity contribution is 5.48. The number of allylic oxidation sites excluding steroid dienone is 1. The van der Waals surface area contributed by atoms with E-state index >= 15 is 0 Å². The Bertz CT molecular complexity index is 785. The predicted octanol–water partition coefficient (Wildman–Crippen LogP) is 6.62. The maximum Gasteiger partial charge on any atom is 0.147 e. The van der Waals surface area contributed by atoms with Gasteiger partial charge in [0, 0.05) is 17.8 Å². The molecule has 2 aliphatic heterocycles. The van der Waals surface area contributed by atoms with Gasteiger partial charge >= 0.3 is 0 Å². The molecule has 0 radical (unpaired) electrons. The third-order valence-electron chi connectivity index (χ3n) is 11.0. The number of hydrogen-bond donors (Lipinski definition) is 1. The molecule has 9 atom stereocenters. The van der Waals surface area contributed by atoms with Crippen LogP contribution >= 0.6 is 0 Å². The van der Waals surface area contributed by atoms with Crippen LogP contribution in [0.4, 0.5) is 0 Å². The van der Waals surface area contributed by atoms with Gasteiger partial charge in [-0.05, 0) is 78.9 Å². The second kappa shape index (κ2) is 7.18. The van der Waals surface area contributed by atoms with E-state index in [1.165, 1.54) is 31.3 Å². The Morgan fingerprint density at radius 3 is 2.48 bits per heavy atom. The summed E-state index contributed by atoms with van der Waals surface area (Å²) in [6.45, 7) is 14.5. The van der Waals surface area contributed by atoms with Crippen molar-refractivity contribution in [2.24, 2.45) is 40.4 Å². The SMILES string of the molecule is CC(C)C(C)CCC(C)C1CCC2C34C=CC5(CC(O)CCC5(C)C3=CCC12C)OO4. The summed E-state index contributed by atoms with van der Waals surface area (Å²) in [5.74, 6) is 3.55. The van der Waals surface area contributed by atoms with E-state index in [1.54, 1.807) is 0 Å². The Hall–Kier alpha value is -0.640. The fourth-order valence-electron chi connectivity index (χ4n) is 8.43. The average Bonchev–Trinajstić information content (AvgIpc) is 3.09. The van der Waals surface area contributed by atoms with E-state index in [1.807, 2.05) is 0 Å². The molecule has 6 aliphatic rings. The highest BCUT2D eigenvalue weighted by Gasteiger charge is 2.71. The van der Waals surface area contributed by atoms with E-state index in [0.717, 1.165) is 42.9 Å². The van der Waals surface area contributed by atoms with Crippen molar-refractivity contribution >= 4 is 0 Å². The zero-order valence-corrected chi connectivity index (χ0v) is 20.6. The van der Waals surface area contributed by atoms with Gasteiger partial charge in [0.25, 0.3) is 0 Å². The van der Waals surface area contributed by atoms with Crippen LogP contribution in [-0.2, 0) is 9.78 Å². The van der Waals surface area contributed by atoms with Crippen molar-refractivity contribution in [2.75, 3.05) is 0 Å². The fraction of sp³-hybridized carbons (Fsp3) is 0.857. The molecular formula is C28H44O3. The fourth-order valence-corrected chi connectivity index (χ4v) is 8.43. The lowest BCUT2D eigenvalue weighted by atomic mass is 9.46. The summed E-state index contributed by atoms with van der Waals surface area (Å²) < 4.78 is 0. The molecule has 0 amide bonds. The van der Waals surface area contributed by atoms with E-state index in [0.29, 0.717) is 12.3 Å². The van der Waals surface area contributed by atoms with Gasteiger partial charge in [0.2, 0.25) is 0 Å². The van der Waals surface area contributed by atoms with Crippen molar-refractivity contribution in [1.82, 2.24) is 0 Å². The molecule has 1 N–H and O–H groups in total. The molecule has 0 aromatic heterocycles. The average molecular weight is 429 g/mol. The molecule has 2 bridgehead atoms. The summed E-state index contributed by atoms with van der Waals surface area (Å²) >= 11 is 0. The molecule has 3 heteroatoms. The van der Waals surface area contributed by atoms with Gasteiger partial charge in [-0.15, -0.1) is 0 Å². The molecule has 2 heterocycles. The van der Waals surface area contributed by atoms with Crippen molar-refractivity contribution in [3.63, 3.8) is 0 Å². The van der Waals surface area contributed by atoms with Crippen LogP contribution in [0.1, 0.15) is 92.9 Å². The number of aliphatic hydroxyl groups excluding tert-OH is 1. The summed E-state index contributed by atoms with van der Waals surface area (Å²) in [7, 11) is 0. The zero-order valence-electron chi connectivity index (χ0n) is 20.6. The van der Waals surface area contributed by atoms with Gasteiger partial charge < -0.3 is 5.11 Å². The molecule has 0 aromatic carbocycles. The van der Waals surface area contributed by atoms with E-state index < -0.39 is 11.2 Å². The largest absolute Gasteiger partial charge is 0.393 e. The first-order valence-electron chi connectivity index (χ1n) is 13.0. The normalized spacial score (nSPS) is 49.9. The number of rotatable bonds is 5. The molecule has 2 saturated carbocycles. The van der Waals surface area contributed by atoms with Crippen molar-refractivity contribution in [1.29, 1.82) is 0 Å².